The number of nitrogens with zero attached hydrogens (tertiary/aromatic N) is 2. The van der Waals surface area contributed by atoms with Crippen LogP contribution in [0.5, 0.6) is 0 Å². The Morgan fingerprint density at radius 1 is 1.55 bits per heavy atom. The molecule has 2 rings (SSSR count). The number of amides is 2. The van der Waals surface area contributed by atoms with Crippen molar-refractivity contribution < 1.29 is 9.59 Å². The molecule has 1 atom stereocenters. The number of hydrogen-bond acceptors (Lipinski definition) is 4. The van der Waals surface area contributed by atoms with Crippen molar-refractivity contribution in [2.45, 2.75) is 18.9 Å². The summed E-state index contributed by atoms with van der Waals surface area (Å²) in [7, 11) is 3.67. The van der Waals surface area contributed by atoms with Crippen LogP contribution in [-0.2, 0) is 11.8 Å². The zero-order chi connectivity index (χ0) is 14.5. The lowest BCUT2D eigenvalue weighted by Crippen LogP contribution is -2.43. The third-order valence-electron chi connectivity index (χ3n) is 3.54. The second-order valence-corrected chi connectivity index (χ2v) is 5.37. The molecule has 1 saturated heterocycles. The number of rotatable bonds is 5. The second kappa shape index (κ2) is 6.67. The molecule has 0 radical (unpaired) electrons. The molecule has 0 aromatic carbocycles. The van der Waals surface area contributed by atoms with Gasteiger partial charge in [0.2, 0.25) is 5.91 Å². The maximum Gasteiger partial charge on any atom is 0.274 e. The molecule has 2 N–H and O–H groups in total. The number of aromatic nitrogens is 1. The number of hydrogen-bond donors (Lipinski definition) is 2. The Labute approximate surface area is 119 Å². The molecule has 110 valence electrons. The first-order valence-corrected chi connectivity index (χ1v) is 6.93. The molecule has 2 heterocycles. The fraction of sp³-hybridized carbons (Fsp3) is 0.571. The predicted octanol–water partition coefficient (Wildman–Crippen LogP) is -0.0347. The normalized spacial score (nSPS) is 18.4. The SMILES string of the molecule is CN(CC(=O)NC(=O)c1cccn1C)CC1CCCN1. The predicted molar refractivity (Wildman–Crippen MR) is 76.4 cm³/mol. The van der Waals surface area contributed by atoms with Crippen LogP contribution >= 0.6 is 0 Å². The van der Waals surface area contributed by atoms with Gasteiger partial charge in [0.1, 0.15) is 5.69 Å². The van der Waals surface area contributed by atoms with Crippen molar-refractivity contribution in [2.75, 3.05) is 26.7 Å². The quantitative estimate of drug-likeness (QED) is 0.793. The smallest absolute Gasteiger partial charge is 0.274 e. The summed E-state index contributed by atoms with van der Waals surface area (Å²) >= 11 is 0. The van der Waals surface area contributed by atoms with Crippen LogP contribution in [0, 0.1) is 0 Å². The van der Waals surface area contributed by atoms with E-state index in [-0.39, 0.29) is 18.4 Å². The lowest BCUT2D eigenvalue weighted by molar-refractivity contribution is -0.121. The molecule has 1 aromatic heterocycles. The summed E-state index contributed by atoms with van der Waals surface area (Å²) in [5.74, 6) is -0.619. The second-order valence-electron chi connectivity index (χ2n) is 5.37. The molecular weight excluding hydrogens is 256 g/mol. The summed E-state index contributed by atoms with van der Waals surface area (Å²) in [6, 6.07) is 3.92. The Kier molecular flexibility index (Phi) is 4.92. The fourth-order valence-electron chi connectivity index (χ4n) is 2.53. The van der Waals surface area contributed by atoms with E-state index in [9.17, 15) is 9.59 Å². The van der Waals surface area contributed by atoms with Crippen LogP contribution in [0.4, 0.5) is 0 Å². The highest BCUT2D eigenvalue weighted by Crippen LogP contribution is 2.05. The molecule has 1 fully saturated rings. The van der Waals surface area contributed by atoms with Crippen LogP contribution < -0.4 is 10.6 Å². The molecule has 0 saturated carbocycles. The lowest BCUT2D eigenvalue weighted by Gasteiger charge is -2.20. The number of carbonyl (C=O) groups excluding carboxylic acids is 2. The zero-order valence-electron chi connectivity index (χ0n) is 12.1. The van der Waals surface area contributed by atoms with Crippen molar-refractivity contribution in [3.05, 3.63) is 24.0 Å². The van der Waals surface area contributed by atoms with Gasteiger partial charge in [-0.05, 0) is 38.6 Å². The lowest BCUT2D eigenvalue weighted by atomic mass is 10.2. The minimum absolute atomic E-state index is 0.230. The van der Waals surface area contributed by atoms with Gasteiger partial charge in [-0.1, -0.05) is 0 Å². The Hall–Kier alpha value is -1.66. The van der Waals surface area contributed by atoms with E-state index in [0.29, 0.717) is 11.7 Å². The van der Waals surface area contributed by atoms with Gasteiger partial charge in [-0.15, -0.1) is 0 Å². The first-order chi connectivity index (χ1) is 9.56. The van der Waals surface area contributed by atoms with Crippen LogP contribution in [0.15, 0.2) is 18.3 Å². The van der Waals surface area contributed by atoms with Crippen LogP contribution in [-0.4, -0.2) is 54.0 Å². The first kappa shape index (κ1) is 14.7. The maximum atomic E-state index is 11.9. The van der Waals surface area contributed by atoms with Gasteiger partial charge in [0.25, 0.3) is 5.91 Å². The summed E-state index contributed by atoms with van der Waals surface area (Å²) < 4.78 is 1.69. The molecule has 0 spiro atoms. The van der Waals surface area contributed by atoms with Crippen LogP contribution in [0.1, 0.15) is 23.3 Å². The molecular formula is C14H22N4O2. The molecule has 20 heavy (non-hydrogen) atoms. The molecule has 0 bridgehead atoms. The number of imide groups is 1. The fourth-order valence-corrected chi connectivity index (χ4v) is 2.53. The van der Waals surface area contributed by atoms with E-state index in [1.807, 2.05) is 11.9 Å². The summed E-state index contributed by atoms with van der Waals surface area (Å²) in [4.78, 5) is 25.7. The monoisotopic (exact) mass is 278 g/mol. The Bertz CT molecular complexity index is 477. The Morgan fingerprint density at radius 2 is 2.35 bits per heavy atom. The van der Waals surface area contributed by atoms with Gasteiger partial charge >= 0.3 is 0 Å². The van der Waals surface area contributed by atoms with Crippen molar-refractivity contribution in [3.8, 4) is 0 Å². The molecule has 6 heteroatoms. The highest BCUT2D eigenvalue weighted by Gasteiger charge is 2.18. The summed E-state index contributed by atoms with van der Waals surface area (Å²) in [5.41, 5.74) is 0.485. The highest BCUT2D eigenvalue weighted by atomic mass is 16.2. The Balaban J connectivity index is 1.77. The molecule has 0 aliphatic carbocycles. The third-order valence-corrected chi connectivity index (χ3v) is 3.54. The average Bonchev–Trinajstić information content (AvgIpc) is 2.99. The van der Waals surface area contributed by atoms with Gasteiger partial charge in [0.15, 0.2) is 0 Å². The van der Waals surface area contributed by atoms with E-state index in [0.717, 1.165) is 19.5 Å². The standard InChI is InChI=1S/C14H22N4O2/c1-17(9-11-5-3-7-15-11)10-13(19)16-14(20)12-6-4-8-18(12)2/h4,6,8,11,15H,3,5,7,9-10H2,1-2H3,(H,16,19,20). The largest absolute Gasteiger partial charge is 0.347 e. The number of carbonyl (C=O) groups is 2. The zero-order valence-corrected chi connectivity index (χ0v) is 12.1. The first-order valence-electron chi connectivity index (χ1n) is 6.93. The van der Waals surface area contributed by atoms with E-state index >= 15 is 0 Å². The van der Waals surface area contributed by atoms with E-state index in [2.05, 4.69) is 10.6 Å². The van der Waals surface area contributed by atoms with Crippen LogP contribution in [0.3, 0.4) is 0 Å². The molecule has 6 nitrogen and oxygen atoms in total. The summed E-state index contributed by atoms with van der Waals surface area (Å²) in [6.07, 6.45) is 4.11. The molecule has 1 aromatic rings. The molecule has 2 amide bonds. The molecule has 1 aliphatic heterocycles. The average molecular weight is 278 g/mol. The van der Waals surface area contributed by atoms with Crippen molar-refractivity contribution in [1.29, 1.82) is 0 Å². The maximum absolute atomic E-state index is 11.9. The van der Waals surface area contributed by atoms with E-state index in [1.165, 1.54) is 6.42 Å². The highest BCUT2D eigenvalue weighted by molar-refractivity contribution is 6.04. The number of aryl methyl sites for hydroxylation is 1. The molecule has 1 aliphatic rings. The summed E-state index contributed by atoms with van der Waals surface area (Å²) in [6.45, 7) is 2.11. The van der Waals surface area contributed by atoms with Gasteiger partial charge in [-0.2, -0.15) is 0 Å². The summed E-state index contributed by atoms with van der Waals surface area (Å²) in [5, 5.41) is 5.81. The van der Waals surface area contributed by atoms with Gasteiger partial charge in [-0.25, -0.2) is 0 Å². The van der Waals surface area contributed by atoms with Gasteiger partial charge < -0.3 is 9.88 Å². The van der Waals surface area contributed by atoms with Crippen molar-refractivity contribution >= 4 is 11.8 Å². The van der Waals surface area contributed by atoms with Crippen LogP contribution in [0.25, 0.3) is 0 Å². The van der Waals surface area contributed by atoms with Gasteiger partial charge in [0.05, 0.1) is 6.54 Å². The van der Waals surface area contributed by atoms with Crippen molar-refractivity contribution in [3.63, 3.8) is 0 Å². The topological polar surface area (TPSA) is 66.4 Å². The van der Waals surface area contributed by atoms with Crippen molar-refractivity contribution in [1.82, 2.24) is 20.1 Å². The Morgan fingerprint density at radius 3 is 2.95 bits per heavy atom. The molecule has 1 unspecified atom stereocenters. The third kappa shape index (κ3) is 3.91. The van der Waals surface area contributed by atoms with Gasteiger partial charge in [-0.3, -0.25) is 19.8 Å². The minimum atomic E-state index is -0.352. The number of likely N-dealkylation sites (N-methyl/N-ethyl adjacent to an activating group) is 1. The number of nitrogens with one attached hydrogen (secondary N) is 2. The van der Waals surface area contributed by atoms with E-state index in [1.54, 1.807) is 29.9 Å². The van der Waals surface area contributed by atoms with Crippen molar-refractivity contribution in [2.24, 2.45) is 7.05 Å². The van der Waals surface area contributed by atoms with Crippen LogP contribution in [0.2, 0.25) is 0 Å². The van der Waals surface area contributed by atoms with E-state index in [4.69, 9.17) is 0 Å². The minimum Gasteiger partial charge on any atom is -0.347 e. The van der Waals surface area contributed by atoms with E-state index < -0.39 is 0 Å². The van der Waals surface area contributed by atoms with Gasteiger partial charge in [0, 0.05) is 25.8 Å².